The smallest absolute Gasteiger partial charge is 0.210 e. The number of pyridine rings is 2. The van der Waals surface area contributed by atoms with Crippen LogP contribution in [0, 0.1) is 35.8 Å². The van der Waals surface area contributed by atoms with E-state index >= 15 is 0 Å². The Kier molecular flexibility index (Phi) is 10.3. The molecule has 0 N–H and O–H groups in total. The zero-order chi connectivity index (χ0) is 41.2. The third-order valence-corrected chi connectivity index (χ3v) is 10.4. The molecule has 0 unspecified atom stereocenters. The highest BCUT2D eigenvalue weighted by Crippen LogP contribution is 2.51. The lowest BCUT2D eigenvalue weighted by molar-refractivity contribution is 0.590. The lowest BCUT2D eigenvalue weighted by Gasteiger charge is -2.22. The van der Waals surface area contributed by atoms with Gasteiger partial charge >= 0.3 is 0 Å². The first kappa shape index (κ1) is 38.6. The fourth-order valence-corrected chi connectivity index (χ4v) is 7.30. The molecule has 0 atom stereocenters. The molecule has 0 saturated heterocycles. The van der Waals surface area contributed by atoms with Crippen molar-refractivity contribution in [1.29, 1.82) is 10.5 Å². The molecule has 0 saturated carbocycles. The molecule has 2 aromatic heterocycles. The molecule has 0 aliphatic rings. The van der Waals surface area contributed by atoms with Crippen molar-refractivity contribution in [3.63, 3.8) is 0 Å². The summed E-state index contributed by atoms with van der Waals surface area (Å²) < 4.78 is 0. The number of rotatable bonds is 6. The maximum absolute atomic E-state index is 11.1. The number of nitriles is 2. The Morgan fingerprint density at radius 1 is 0.431 bits per heavy atom. The average Bonchev–Trinajstić information content (AvgIpc) is 3.24. The molecule has 0 bridgehead atoms. The fourth-order valence-electron chi connectivity index (χ4n) is 7.30. The Hall–Kier alpha value is -7.64. The van der Waals surface area contributed by atoms with E-state index in [0.29, 0.717) is 56.2 Å². The van der Waals surface area contributed by atoms with Gasteiger partial charge in [-0.1, -0.05) is 175 Å². The molecule has 7 aromatic rings. The highest BCUT2D eigenvalue weighted by molar-refractivity contribution is 6.04. The van der Waals surface area contributed by atoms with Crippen molar-refractivity contribution in [3.8, 4) is 79.4 Å². The standard InChI is InChI=1S/C52H40N6/c1-51(2,3)37-27-23-33(24-28-37)43-41(31-53)45(35-17-11-9-12-18-35)57-47(42(43)32-54)39-21-15-16-22-40(39)48-50(56-8)44(34-25-29-38(30-26-34)52(4,5)6)49(55-7)46(58-48)36-19-13-10-14-20-36/h9-30H,1-6H3. The van der Waals surface area contributed by atoms with Gasteiger partial charge in [-0.3, -0.25) is 4.98 Å². The van der Waals surface area contributed by atoms with Gasteiger partial charge in [0.15, 0.2) is 0 Å². The predicted octanol–water partition coefficient (Wildman–Crippen LogP) is 13.9. The minimum absolute atomic E-state index is 0.0973. The van der Waals surface area contributed by atoms with Crippen LogP contribution in [0.2, 0.25) is 0 Å². The first-order valence-corrected chi connectivity index (χ1v) is 19.0. The monoisotopic (exact) mass is 748 g/mol. The highest BCUT2D eigenvalue weighted by Gasteiger charge is 2.29. The molecule has 6 heteroatoms. The van der Waals surface area contributed by atoms with E-state index in [1.165, 1.54) is 0 Å². The maximum Gasteiger partial charge on any atom is 0.210 e. The molecule has 0 amide bonds. The van der Waals surface area contributed by atoms with E-state index in [1.807, 2.05) is 133 Å². The van der Waals surface area contributed by atoms with Crippen LogP contribution in [0.1, 0.15) is 63.8 Å². The second-order valence-corrected chi connectivity index (χ2v) is 16.2. The summed E-state index contributed by atoms with van der Waals surface area (Å²) in [5, 5.41) is 21.9. The normalized spacial score (nSPS) is 11.2. The second kappa shape index (κ2) is 15.5. The lowest BCUT2D eigenvalue weighted by Crippen LogP contribution is -2.10. The molecule has 2 heterocycles. The summed E-state index contributed by atoms with van der Waals surface area (Å²) in [5.74, 6) is 0. The summed E-state index contributed by atoms with van der Waals surface area (Å²) in [6.07, 6.45) is 0. The van der Waals surface area contributed by atoms with Crippen molar-refractivity contribution in [2.45, 2.75) is 52.4 Å². The Labute approximate surface area is 341 Å². The van der Waals surface area contributed by atoms with Gasteiger partial charge in [0.1, 0.15) is 12.1 Å². The van der Waals surface area contributed by atoms with Gasteiger partial charge < -0.3 is 0 Å². The number of benzene rings is 5. The first-order chi connectivity index (χ1) is 27.9. The average molecular weight is 749 g/mol. The Morgan fingerprint density at radius 3 is 1.26 bits per heavy atom. The summed E-state index contributed by atoms with van der Waals surface area (Å²) >= 11 is 0. The van der Waals surface area contributed by atoms with E-state index in [4.69, 9.17) is 23.1 Å². The molecule has 0 aliphatic heterocycles. The highest BCUT2D eigenvalue weighted by atomic mass is 14.8. The number of hydrogen-bond acceptors (Lipinski definition) is 4. The van der Waals surface area contributed by atoms with E-state index in [-0.39, 0.29) is 27.8 Å². The molecule has 7 rings (SSSR count). The molecule has 6 nitrogen and oxygen atoms in total. The Bertz CT molecular complexity index is 2650. The molecular formula is C52H40N6. The van der Waals surface area contributed by atoms with Crippen LogP contribution in [0.5, 0.6) is 0 Å². The quantitative estimate of drug-likeness (QED) is 0.159. The molecule has 5 aromatic carbocycles. The molecule has 0 fully saturated rings. The number of hydrogen-bond donors (Lipinski definition) is 0. The van der Waals surface area contributed by atoms with Crippen LogP contribution in [0.25, 0.3) is 77.0 Å². The van der Waals surface area contributed by atoms with Gasteiger partial charge in [0, 0.05) is 16.7 Å². The maximum atomic E-state index is 11.1. The van der Waals surface area contributed by atoms with Gasteiger partial charge in [-0.2, -0.15) is 10.5 Å². The summed E-state index contributed by atoms with van der Waals surface area (Å²) in [6, 6.07) is 47.5. The first-order valence-electron chi connectivity index (χ1n) is 19.0. The van der Waals surface area contributed by atoms with Crippen molar-refractivity contribution in [2.24, 2.45) is 0 Å². The lowest BCUT2D eigenvalue weighted by atomic mass is 9.84. The SMILES string of the molecule is [C-]#[N+]c1c(-c2ccccc2)nc(-c2ccccc2-c2nc(-c3ccccc3)c(C#N)c(-c3ccc(C(C)(C)C)cc3)c2C#N)c([N+]#[C-])c1-c1ccc(C(C)(C)C)cc1. The van der Waals surface area contributed by atoms with E-state index in [0.717, 1.165) is 27.8 Å². The summed E-state index contributed by atoms with van der Waals surface area (Å²) in [7, 11) is 0. The van der Waals surface area contributed by atoms with Crippen LogP contribution in [0.3, 0.4) is 0 Å². The van der Waals surface area contributed by atoms with E-state index in [2.05, 4.69) is 63.4 Å². The summed E-state index contributed by atoms with van der Waals surface area (Å²) in [6.45, 7) is 30.0. The van der Waals surface area contributed by atoms with Crippen molar-refractivity contribution < 1.29 is 0 Å². The van der Waals surface area contributed by atoms with Gasteiger partial charge in [0.25, 0.3) is 0 Å². The Balaban J connectivity index is 1.59. The van der Waals surface area contributed by atoms with Gasteiger partial charge in [-0.25, -0.2) is 14.7 Å². The topological polar surface area (TPSA) is 82.1 Å². The second-order valence-electron chi connectivity index (χ2n) is 16.2. The molecule has 0 radical (unpaired) electrons. The van der Waals surface area contributed by atoms with E-state index in [9.17, 15) is 10.5 Å². The van der Waals surface area contributed by atoms with Gasteiger partial charge in [-0.05, 0) is 49.8 Å². The fraction of sp³-hybridized carbons (Fsp3) is 0.154. The van der Waals surface area contributed by atoms with Crippen molar-refractivity contribution in [3.05, 3.63) is 179 Å². The minimum atomic E-state index is -0.103. The molecule has 278 valence electrons. The zero-order valence-electron chi connectivity index (χ0n) is 33.4. The van der Waals surface area contributed by atoms with Gasteiger partial charge in [0.05, 0.1) is 47.0 Å². The van der Waals surface area contributed by atoms with Gasteiger partial charge in [-0.15, -0.1) is 0 Å². The third kappa shape index (κ3) is 7.13. The number of aromatic nitrogens is 2. The van der Waals surface area contributed by atoms with Crippen molar-refractivity contribution in [2.75, 3.05) is 0 Å². The van der Waals surface area contributed by atoms with Crippen molar-refractivity contribution in [1.82, 2.24) is 9.97 Å². The molecule has 58 heavy (non-hydrogen) atoms. The largest absolute Gasteiger partial charge is 0.271 e. The summed E-state index contributed by atoms with van der Waals surface area (Å²) in [4.78, 5) is 18.5. The number of nitrogens with zero attached hydrogens (tertiary/aromatic N) is 6. The molecular weight excluding hydrogens is 709 g/mol. The van der Waals surface area contributed by atoms with Crippen molar-refractivity contribution >= 4 is 11.4 Å². The molecule has 0 spiro atoms. The molecule has 0 aliphatic carbocycles. The van der Waals surface area contributed by atoms with Crippen LogP contribution >= 0.6 is 0 Å². The van der Waals surface area contributed by atoms with Gasteiger partial charge in [0.2, 0.25) is 11.4 Å². The zero-order valence-corrected chi connectivity index (χ0v) is 33.4. The Morgan fingerprint density at radius 2 is 0.810 bits per heavy atom. The predicted molar refractivity (Wildman–Crippen MR) is 234 cm³/mol. The van der Waals surface area contributed by atoms with E-state index in [1.54, 1.807) is 0 Å². The van der Waals surface area contributed by atoms with Crippen LogP contribution in [-0.2, 0) is 10.8 Å². The van der Waals surface area contributed by atoms with E-state index < -0.39 is 0 Å². The third-order valence-electron chi connectivity index (χ3n) is 10.4. The summed E-state index contributed by atoms with van der Waals surface area (Å²) in [5.41, 5.74) is 9.67. The van der Waals surface area contributed by atoms with Crippen LogP contribution < -0.4 is 0 Å². The van der Waals surface area contributed by atoms with Crippen LogP contribution in [0.4, 0.5) is 11.4 Å². The van der Waals surface area contributed by atoms with Crippen LogP contribution in [-0.4, -0.2) is 9.97 Å². The van der Waals surface area contributed by atoms with Crippen LogP contribution in [0.15, 0.2) is 133 Å². The minimum Gasteiger partial charge on any atom is -0.271 e.